The molecule has 0 radical (unpaired) electrons. The summed E-state index contributed by atoms with van der Waals surface area (Å²) in [6, 6.07) is 13.6. The van der Waals surface area contributed by atoms with E-state index in [9.17, 15) is 5.26 Å². The third-order valence-electron chi connectivity index (χ3n) is 5.06. The van der Waals surface area contributed by atoms with Gasteiger partial charge in [-0.05, 0) is 71.7 Å². The zero-order valence-electron chi connectivity index (χ0n) is 17.6. The minimum Gasteiger partial charge on any atom is -0.493 e. The van der Waals surface area contributed by atoms with Gasteiger partial charge in [-0.3, -0.25) is 5.73 Å². The molecule has 0 saturated carbocycles. The van der Waals surface area contributed by atoms with Crippen LogP contribution in [-0.4, -0.2) is 29.7 Å². The van der Waals surface area contributed by atoms with Crippen molar-refractivity contribution >= 4 is 37.4 Å². The van der Waals surface area contributed by atoms with Crippen molar-refractivity contribution in [2.24, 2.45) is 5.73 Å². The Balaban J connectivity index is 1.97. The van der Waals surface area contributed by atoms with E-state index >= 15 is 0 Å². The number of nitrogens with zero attached hydrogens (tertiary/aromatic N) is 3. The highest BCUT2D eigenvalue weighted by atomic mass is 79.9. The van der Waals surface area contributed by atoms with Crippen LogP contribution >= 0.6 is 31.9 Å². The van der Waals surface area contributed by atoms with Gasteiger partial charge < -0.3 is 14.2 Å². The molecule has 2 N–H and O–H groups in total. The molecule has 0 aliphatic carbocycles. The largest absolute Gasteiger partial charge is 0.493 e. The predicted octanol–water partition coefficient (Wildman–Crippen LogP) is 5.12. The number of ether oxygens (including phenoxy) is 3. The molecule has 4 rings (SSSR count). The number of nitrogens with two attached hydrogens (primary N) is 1. The van der Waals surface area contributed by atoms with Gasteiger partial charge in [-0.15, -0.1) is 0 Å². The number of nitriles is 1. The van der Waals surface area contributed by atoms with Gasteiger partial charge in [0.1, 0.15) is 6.07 Å². The number of aromatic nitrogens is 2. The van der Waals surface area contributed by atoms with Crippen LogP contribution in [0.2, 0.25) is 0 Å². The van der Waals surface area contributed by atoms with Crippen molar-refractivity contribution in [3.63, 3.8) is 0 Å². The van der Waals surface area contributed by atoms with E-state index in [0.29, 0.717) is 50.9 Å². The van der Waals surface area contributed by atoms with E-state index in [4.69, 9.17) is 25.0 Å². The topological polar surface area (TPSA) is 95.3 Å². The predicted molar refractivity (Wildman–Crippen MR) is 128 cm³/mol. The number of rotatable bonds is 5. The van der Waals surface area contributed by atoms with Crippen molar-refractivity contribution in [3.05, 3.63) is 67.7 Å². The van der Waals surface area contributed by atoms with Gasteiger partial charge in [0.2, 0.25) is 5.88 Å². The summed E-state index contributed by atoms with van der Waals surface area (Å²) in [5.41, 5.74) is 10.2. The van der Waals surface area contributed by atoms with Crippen LogP contribution in [-0.2, 0) is 0 Å². The maximum atomic E-state index is 9.93. The van der Waals surface area contributed by atoms with Crippen molar-refractivity contribution in [3.8, 4) is 29.1 Å². The highest BCUT2D eigenvalue weighted by Gasteiger charge is 2.34. The molecular formula is C23H20Br2N4O3. The van der Waals surface area contributed by atoms with E-state index in [-0.39, 0.29) is 0 Å². The molecule has 0 unspecified atom stereocenters. The number of hydrogen-bond donors (Lipinski definition) is 1. The minimum absolute atomic E-state index is 0.314. The van der Waals surface area contributed by atoms with Gasteiger partial charge in [0.25, 0.3) is 0 Å². The molecule has 1 aliphatic rings. The first-order valence-electron chi connectivity index (χ1n) is 9.82. The summed E-state index contributed by atoms with van der Waals surface area (Å²) in [5.74, 6) is 1.62. The van der Waals surface area contributed by atoms with Crippen molar-refractivity contribution in [2.75, 3.05) is 13.7 Å². The monoisotopic (exact) mass is 558 g/mol. The van der Waals surface area contributed by atoms with E-state index in [2.05, 4.69) is 37.9 Å². The number of aryl methyl sites for hydroxylation is 1. The summed E-state index contributed by atoms with van der Waals surface area (Å²) >= 11 is 7.02. The summed E-state index contributed by atoms with van der Waals surface area (Å²) in [6.07, 6.45) is -0.941. The fourth-order valence-corrected chi connectivity index (χ4v) is 4.50. The molecule has 0 fully saturated rings. The lowest BCUT2D eigenvalue weighted by atomic mass is 9.91. The van der Waals surface area contributed by atoms with Gasteiger partial charge >= 0.3 is 0 Å². The number of halogens is 2. The van der Waals surface area contributed by atoms with E-state index in [1.807, 2.05) is 50.2 Å². The Morgan fingerprint density at radius 3 is 2.59 bits per heavy atom. The van der Waals surface area contributed by atoms with Crippen LogP contribution in [0.15, 0.2) is 50.9 Å². The second-order valence-corrected chi connectivity index (χ2v) is 8.79. The highest BCUT2D eigenvalue weighted by Crippen LogP contribution is 2.45. The molecule has 164 valence electrons. The van der Waals surface area contributed by atoms with Gasteiger partial charge in [0.05, 0.1) is 40.7 Å². The van der Waals surface area contributed by atoms with Crippen molar-refractivity contribution in [1.82, 2.24) is 9.78 Å². The number of methoxy groups -OCH3 is 1. The Kier molecular flexibility index (Phi) is 6.29. The number of hydrogen-bond acceptors (Lipinski definition) is 6. The standard InChI is InChI=1S/C23H20Br2N4O3/c1-4-31-21-17(25)9-13(10-18(21)30-3)20-16(11-26)22(27)32-23-19(20)12(2)28-29(23)15-7-5-14(24)6-8-15/h5-10,22H,4,27H2,1-3H3/t22-/m0/s1. The molecule has 0 bridgehead atoms. The molecule has 9 heteroatoms. The molecule has 1 atom stereocenters. The average molecular weight is 560 g/mol. The quantitative estimate of drug-likeness (QED) is 0.466. The fraction of sp³-hybridized carbons (Fsp3) is 0.217. The molecule has 32 heavy (non-hydrogen) atoms. The molecule has 0 saturated heterocycles. The first-order valence-corrected chi connectivity index (χ1v) is 11.4. The van der Waals surface area contributed by atoms with Crippen LogP contribution in [0, 0.1) is 18.3 Å². The average Bonchev–Trinajstić information content (AvgIpc) is 3.10. The van der Waals surface area contributed by atoms with E-state index in [0.717, 1.165) is 15.7 Å². The lowest BCUT2D eigenvalue weighted by molar-refractivity contribution is 0.228. The summed E-state index contributed by atoms with van der Waals surface area (Å²) in [7, 11) is 1.58. The summed E-state index contributed by atoms with van der Waals surface area (Å²) < 4.78 is 20.6. The molecular weight excluding hydrogens is 540 g/mol. The maximum Gasteiger partial charge on any atom is 0.226 e. The highest BCUT2D eigenvalue weighted by molar-refractivity contribution is 9.10. The normalized spacial score (nSPS) is 15.1. The molecule has 0 spiro atoms. The number of benzene rings is 2. The van der Waals surface area contributed by atoms with Crippen LogP contribution < -0.4 is 19.9 Å². The van der Waals surface area contributed by atoms with Crippen LogP contribution in [0.4, 0.5) is 0 Å². The van der Waals surface area contributed by atoms with Gasteiger partial charge in [0, 0.05) is 10.0 Å². The van der Waals surface area contributed by atoms with E-state index < -0.39 is 6.23 Å². The van der Waals surface area contributed by atoms with Gasteiger partial charge in [-0.25, -0.2) is 4.68 Å². The molecule has 1 aromatic heterocycles. The third-order valence-corrected chi connectivity index (χ3v) is 6.18. The summed E-state index contributed by atoms with van der Waals surface area (Å²) in [6.45, 7) is 4.27. The third kappa shape index (κ3) is 3.79. The Labute approximate surface area is 202 Å². The zero-order chi connectivity index (χ0) is 23.0. The molecule has 7 nitrogen and oxygen atoms in total. The first-order chi connectivity index (χ1) is 15.4. The van der Waals surface area contributed by atoms with Crippen molar-refractivity contribution in [1.29, 1.82) is 5.26 Å². The van der Waals surface area contributed by atoms with Gasteiger partial charge in [-0.1, -0.05) is 15.9 Å². The Hall–Kier alpha value is -2.80. The second-order valence-electron chi connectivity index (χ2n) is 7.02. The van der Waals surface area contributed by atoms with Gasteiger partial charge in [0.15, 0.2) is 17.7 Å². The van der Waals surface area contributed by atoms with E-state index in [1.54, 1.807) is 11.8 Å². The molecule has 2 aromatic carbocycles. The first kappa shape index (κ1) is 22.4. The minimum atomic E-state index is -0.941. The van der Waals surface area contributed by atoms with Gasteiger partial charge in [-0.2, -0.15) is 10.4 Å². The van der Waals surface area contributed by atoms with Crippen LogP contribution in [0.25, 0.3) is 11.3 Å². The lowest BCUT2D eigenvalue weighted by Gasteiger charge is -2.25. The second kappa shape index (κ2) is 8.98. The molecule has 1 aliphatic heterocycles. The van der Waals surface area contributed by atoms with E-state index in [1.165, 1.54) is 0 Å². The Morgan fingerprint density at radius 2 is 1.97 bits per heavy atom. The maximum absolute atomic E-state index is 9.93. The lowest BCUT2D eigenvalue weighted by Crippen LogP contribution is -2.33. The Bertz CT molecular complexity index is 1260. The number of fused-ring (bicyclic) bond motifs is 1. The fourth-order valence-electron chi connectivity index (χ4n) is 3.68. The SMILES string of the molecule is CCOc1c(Br)cc(C2=C(C#N)[C@@H](N)Oc3c2c(C)nn3-c2ccc(Br)cc2)cc1OC. The summed E-state index contributed by atoms with van der Waals surface area (Å²) in [4.78, 5) is 0. The zero-order valence-corrected chi connectivity index (χ0v) is 20.8. The van der Waals surface area contributed by atoms with Crippen molar-refractivity contribution in [2.45, 2.75) is 20.1 Å². The summed E-state index contributed by atoms with van der Waals surface area (Å²) in [5, 5.41) is 14.6. The van der Waals surface area contributed by atoms with Crippen molar-refractivity contribution < 1.29 is 14.2 Å². The van der Waals surface area contributed by atoms with Crippen LogP contribution in [0.3, 0.4) is 0 Å². The molecule has 2 heterocycles. The molecule has 3 aromatic rings. The van der Waals surface area contributed by atoms with Crippen LogP contribution in [0.1, 0.15) is 23.7 Å². The molecule has 0 amide bonds. The Morgan fingerprint density at radius 1 is 1.25 bits per heavy atom. The van der Waals surface area contributed by atoms with Crippen LogP contribution in [0.5, 0.6) is 17.4 Å². The smallest absolute Gasteiger partial charge is 0.226 e.